The Kier molecular flexibility index (Phi) is 4.01. The smallest absolute Gasteiger partial charge is 0.244 e. The van der Waals surface area contributed by atoms with Crippen molar-refractivity contribution >= 4 is 24.6 Å². The fourth-order valence-electron chi connectivity index (χ4n) is 1.24. The van der Waals surface area contributed by atoms with Gasteiger partial charge in [-0.05, 0) is 5.56 Å². The minimum Gasteiger partial charge on any atom is -0.321 e. The number of benzene rings is 1. The van der Waals surface area contributed by atoms with Crippen molar-refractivity contribution in [2.24, 2.45) is 4.99 Å². The van der Waals surface area contributed by atoms with Gasteiger partial charge in [0.05, 0.1) is 6.61 Å². The summed E-state index contributed by atoms with van der Waals surface area (Å²) in [7, 11) is -2.10. The van der Waals surface area contributed by atoms with E-state index in [0.29, 0.717) is 11.4 Å². The first kappa shape index (κ1) is 10.9. The first-order valence-electron chi connectivity index (χ1n) is 4.74. The van der Waals surface area contributed by atoms with Gasteiger partial charge in [0.1, 0.15) is 0 Å². The summed E-state index contributed by atoms with van der Waals surface area (Å²) in [5, 5.41) is 0. The normalized spacial score (nSPS) is 17.5. The van der Waals surface area contributed by atoms with Crippen LogP contribution in [0.5, 0.6) is 0 Å². The summed E-state index contributed by atoms with van der Waals surface area (Å²) in [6, 6.07) is 9.75. The molecule has 0 bridgehead atoms. The zero-order chi connectivity index (χ0) is 10.5. The van der Waals surface area contributed by atoms with Crippen molar-refractivity contribution in [1.29, 1.82) is 0 Å². The van der Waals surface area contributed by atoms with Gasteiger partial charge in [0.15, 0.2) is 4.78 Å². The van der Waals surface area contributed by atoms with E-state index in [4.69, 9.17) is 4.52 Å². The van der Waals surface area contributed by atoms with Crippen LogP contribution in [-0.4, -0.2) is 17.1 Å². The number of hydrogen-bond donors (Lipinski definition) is 0. The molecule has 1 aromatic carbocycles. The minimum absolute atomic E-state index is 0.401. The molecule has 0 fully saturated rings. The van der Waals surface area contributed by atoms with E-state index in [1.165, 1.54) is 0 Å². The number of hydrogen-bond acceptors (Lipinski definition) is 4. The predicted octanol–water partition coefficient (Wildman–Crippen LogP) is 2.78. The largest absolute Gasteiger partial charge is 0.321 e. The number of rotatable bonds is 4. The monoisotopic (exact) mass is 241 g/mol. The average Bonchev–Trinajstić information content (AvgIpc) is 2.81. The lowest BCUT2D eigenvalue weighted by molar-refractivity contribution is 0.326. The molecule has 80 valence electrons. The van der Waals surface area contributed by atoms with Gasteiger partial charge in [-0.1, -0.05) is 42.1 Å². The zero-order valence-electron chi connectivity index (χ0n) is 8.18. The molecular formula is C10H12NO2PS. The molecule has 0 aromatic heterocycles. The van der Waals surface area contributed by atoms with Crippen LogP contribution in [-0.2, 0) is 15.7 Å². The van der Waals surface area contributed by atoms with Crippen molar-refractivity contribution in [3.05, 3.63) is 35.9 Å². The van der Waals surface area contributed by atoms with Gasteiger partial charge in [-0.2, -0.15) is 0 Å². The Morgan fingerprint density at radius 1 is 1.40 bits per heavy atom. The van der Waals surface area contributed by atoms with Gasteiger partial charge in [-0.25, -0.2) is 0 Å². The predicted molar refractivity (Wildman–Crippen MR) is 65.0 cm³/mol. The van der Waals surface area contributed by atoms with Gasteiger partial charge in [-0.15, -0.1) is 0 Å². The second kappa shape index (κ2) is 5.50. The molecule has 3 nitrogen and oxygen atoms in total. The molecule has 0 saturated carbocycles. The highest BCUT2D eigenvalue weighted by molar-refractivity contribution is 8.23. The van der Waals surface area contributed by atoms with Crippen LogP contribution in [0.25, 0.3) is 0 Å². The standard InChI is InChI=1S/C10H12NO2PS/c12-14(10-11-6-7-15-10)13-8-9-4-2-1-3-5-9/h1-5,14H,6-8H2. The van der Waals surface area contributed by atoms with E-state index < -0.39 is 8.03 Å². The summed E-state index contributed by atoms with van der Waals surface area (Å²) in [4.78, 5) is 4.83. The summed E-state index contributed by atoms with van der Waals surface area (Å²) in [5.74, 6) is 0.931. The summed E-state index contributed by atoms with van der Waals surface area (Å²) < 4.78 is 16.9. The molecule has 0 saturated heterocycles. The Balaban J connectivity index is 1.86. The van der Waals surface area contributed by atoms with Crippen LogP contribution in [0.2, 0.25) is 0 Å². The first-order valence-corrected chi connectivity index (χ1v) is 7.05. The van der Waals surface area contributed by atoms with E-state index in [1.807, 2.05) is 30.3 Å². The number of nitrogens with zero attached hydrogens (tertiary/aromatic N) is 1. The Hall–Kier alpha value is -0.570. The maximum absolute atomic E-state index is 11.6. The van der Waals surface area contributed by atoms with Crippen molar-refractivity contribution in [2.75, 3.05) is 12.3 Å². The number of aliphatic imine (C=N–C) groups is 1. The molecule has 1 aliphatic heterocycles. The minimum atomic E-state index is -2.10. The lowest BCUT2D eigenvalue weighted by Gasteiger charge is -2.03. The first-order chi connectivity index (χ1) is 7.36. The van der Waals surface area contributed by atoms with Crippen LogP contribution in [0, 0.1) is 0 Å². The maximum atomic E-state index is 11.6. The van der Waals surface area contributed by atoms with Crippen LogP contribution in [0.4, 0.5) is 0 Å². The van der Waals surface area contributed by atoms with Crippen molar-refractivity contribution < 1.29 is 9.09 Å². The molecule has 15 heavy (non-hydrogen) atoms. The third-order valence-corrected chi connectivity index (χ3v) is 4.61. The van der Waals surface area contributed by atoms with Crippen LogP contribution >= 0.6 is 19.8 Å². The fourth-order valence-corrected chi connectivity index (χ4v) is 3.42. The van der Waals surface area contributed by atoms with Gasteiger partial charge >= 0.3 is 0 Å². The van der Waals surface area contributed by atoms with Crippen LogP contribution < -0.4 is 0 Å². The van der Waals surface area contributed by atoms with Gasteiger partial charge < -0.3 is 4.52 Å². The summed E-state index contributed by atoms with van der Waals surface area (Å²) in [5.41, 5.74) is 1.04. The highest BCUT2D eigenvalue weighted by Crippen LogP contribution is 2.35. The Labute approximate surface area is 93.8 Å². The molecular weight excluding hydrogens is 229 g/mol. The van der Waals surface area contributed by atoms with Crippen molar-refractivity contribution in [3.8, 4) is 0 Å². The topological polar surface area (TPSA) is 38.7 Å². The van der Waals surface area contributed by atoms with Gasteiger partial charge in [0.25, 0.3) is 0 Å². The summed E-state index contributed by atoms with van der Waals surface area (Å²) in [6.07, 6.45) is 0. The van der Waals surface area contributed by atoms with Crippen molar-refractivity contribution in [3.63, 3.8) is 0 Å². The Bertz CT molecular complexity index is 380. The second-order valence-corrected chi connectivity index (χ2v) is 5.88. The molecule has 1 unspecified atom stereocenters. The lowest BCUT2D eigenvalue weighted by Crippen LogP contribution is -1.88. The fraction of sp³-hybridized carbons (Fsp3) is 0.300. The van der Waals surface area contributed by atoms with E-state index in [-0.39, 0.29) is 0 Å². The third-order valence-electron chi connectivity index (χ3n) is 1.97. The van der Waals surface area contributed by atoms with E-state index in [1.54, 1.807) is 11.8 Å². The Morgan fingerprint density at radius 3 is 2.87 bits per heavy atom. The molecule has 0 N–H and O–H groups in total. The van der Waals surface area contributed by atoms with E-state index in [0.717, 1.165) is 17.9 Å². The van der Waals surface area contributed by atoms with Gasteiger partial charge in [0, 0.05) is 12.3 Å². The summed E-state index contributed by atoms with van der Waals surface area (Å²) >= 11 is 1.54. The van der Waals surface area contributed by atoms with Crippen molar-refractivity contribution in [2.45, 2.75) is 6.61 Å². The van der Waals surface area contributed by atoms with Crippen LogP contribution in [0.15, 0.2) is 35.3 Å². The lowest BCUT2D eigenvalue weighted by atomic mass is 10.2. The molecule has 1 atom stereocenters. The van der Waals surface area contributed by atoms with E-state index in [9.17, 15) is 4.57 Å². The Morgan fingerprint density at radius 2 is 2.20 bits per heavy atom. The van der Waals surface area contributed by atoms with Crippen LogP contribution in [0.3, 0.4) is 0 Å². The quantitative estimate of drug-likeness (QED) is 0.761. The van der Waals surface area contributed by atoms with Crippen LogP contribution in [0.1, 0.15) is 5.56 Å². The molecule has 5 heteroatoms. The molecule has 0 amide bonds. The molecule has 1 heterocycles. The maximum Gasteiger partial charge on any atom is 0.244 e. The summed E-state index contributed by atoms with van der Waals surface area (Å²) in [6.45, 7) is 1.17. The van der Waals surface area contributed by atoms with Gasteiger partial charge in [-0.3, -0.25) is 9.56 Å². The molecule has 0 aliphatic carbocycles. The molecule has 0 spiro atoms. The zero-order valence-corrected chi connectivity index (χ0v) is 10.00. The van der Waals surface area contributed by atoms with Crippen molar-refractivity contribution in [1.82, 2.24) is 0 Å². The highest BCUT2D eigenvalue weighted by atomic mass is 32.2. The molecule has 1 aliphatic rings. The SMILES string of the molecule is O=[PH](OCc1ccccc1)C1=NCCS1. The third kappa shape index (κ3) is 3.20. The van der Waals surface area contributed by atoms with Gasteiger partial charge in [0.2, 0.25) is 8.03 Å². The van der Waals surface area contributed by atoms with E-state index >= 15 is 0 Å². The van der Waals surface area contributed by atoms with E-state index in [2.05, 4.69) is 4.99 Å². The molecule has 1 aromatic rings. The molecule has 2 rings (SSSR count). The number of thioether (sulfide) groups is 1. The average molecular weight is 241 g/mol. The molecule has 0 radical (unpaired) electrons. The highest BCUT2D eigenvalue weighted by Gasteiger charge is 2.14. The second-order valence-electron chi connectivity index (χ2n) is 3.10.